The third-order valence-electron chi connectivity index (χ3n) is 0.779. The van der Waals surface area contributed by atoms with Gasteiger partial charge in [-0.3, -0.25) is 0 Å². The van der Waals surface area contributed by atoms with Gasteiger partial charge in [0.25, 0.3) is 0 Å². The number of piperazine rings is 1. The van der Waals surface area contributed by atoms with Gasteiger partial charge in [0, 0.05) is 26.2 Å². The molecule has 1 fully saturated rings. The lowest BCUT2D eigenvalue weighted by molar-refractivity contribution is 0.582. The van der Waals surface area contributed by atoms with E-state index in [1.165, 1.54) is 0 Å². The van der Waals surface area contributed by atoms with Crippen LogP contribution in [-0.4, -0.2) is 19.6 Å². The Morgan fingerprint density at radius 3 is 2.83 bits per heavy atom. The van der Waals surface area contributed by atoms with Crippen molar-refractivity contribution in [1.82, 2.24) is 10.6 Å². The van der Waals surface area contributed by atoms with Crippen molar-refractivity contribution in [2.45, 2.75) is 0 Å². The van der Waals surface area contributed by atoms with Crippen LogP contribution in [0.25, 0.3) is 0 Å². The second kappa shape index (κ2) is 2.16. The van der Waals surface area contributed by atoms with Crippen LogP contribution >= 0.6 is 0 Å². The summed E-state index contributed by atoms with van der Waals surface area (Å²) >= 11 is 0. The molecule has 0 atom stereocenters. The lowest BCUT2D eigenvalue weighted by atomic mass is 10.4. The molecule has 6 heavy (non-hydrogen) atoms. The number of hydrogen-bond acceptors (Lipinski definition) is 1. The van der Waals surface area contributed by atoms with E-state index in [2.05, 4.69) is 10.6 Å². The summed E-state index contributed by atoms with van der Waals surface area (Å²) in [5, 5.41) is 7.12. The first-order valence-electron chi connectivity index (χ1n) is 2.18. The summed E-state index contributed by atoms with van der Waals surface area (Å²) in [7, 11) is 0. The molecule has 1 saturated heterocycles. The van der Waals surface area contributed by atoms with Gasteiger partial charge < -0.3 is 5.32 Å². The van der Waals surface area contributed by atoms with Crippen LogP contribution in [0.1, 0.15) is 0 Å². The summed E-state index contributed by atoms with van der Waals surface area (Å²) in [6.07, 6.45) is 0. The van der Waals surface area contributed by atoms with E-state index >= 15 is 0 Å². The first-order chi connectivity index (χ1) is 3.00. The molecule has 1 rings (SSSR count). The maximum Gasteiger partial charge on any atom is 0.0376 e. The van der Waals surface area contributed by atoms with Crippen LogP contribution in [0.5, 0.6) is 0 Å². The van der Waals surface area contributed by atoms with Gasteiger partial charge in [-0.25, -0.2) is 5.32 Å². The minimum atomic E-state index is 0.889. The second-order valence-corrected chi connectivity index (χ2v) is 1.29. The van der Waals surface area contributed by atoms with E-state index < -0.39 is 0 Å². The highest BCUT2D eigenvalue weighted by atomic mass is 15.0. The predicted octanol–water partition coefficient (Wildman–Crippen LogP) is -0.644. The summed E-state index contributed by atoms with van der Waals surface area (Å²) < 4.78 is 0. The first-order valence-corrected chi connectivity index (χ1v) is 2.18. The Kier molecular flexibility index (Phi) is 1.47. The van der Waals surface area contributed by atoms with E-state index in [4.69, 9.17) is 0 Å². The van der Waals surface area contributed by atoms with Gasteiger partial charge in [0.2, 0.25) is 0 Å². The minimum absolute atomic E-state index is 0.889. The highest BCUT2D eigenvalue weighted by Gasteiger charge is 1.94. The summed E-state index contributed by atoms with van der Waals surface area (Å²) in [5.74, 6) is 0. The molecule has 0 aliphatic carbocycles. The summed E-state index contributed by atoms with van der Waals surface area (Å²) in [5.41, 5.74) is 0. The molecule has 0 unspecified atom stereocenters. The maximum absolute atomic E-state index is 4.06. The number of rotatable bonds is 0. The lowest BCUT2D eigenvalue weighted by Gasteiger charge is -2.08. The molecule has 1 heterocycles. The Morgan fingerprint density at radius 1 is 1.67 bits per heavy atom. The van der Waals surface area contributed by atoms with E-state index in [1.807, 2.05) is 6.54 Å². The highest BCUT2D eigenvalue weighted by Crippen LogP contribution is 1.74. The molecule has 0 aromatic carbocycles. The average molecular weight is 84.1 g/mol. The molecular formula is C4H8N2. The molecule has 2 heteroatoms. The standard InChI is InChI=1S/C4H8N2/c1-2-6-4-3-5-1/h1,5H,2-4H2. The Labute approximate surface area is 37.9 Å². The Balaban J connectivity index is 2.00. The van der Waals surface area contributed by atoms with Crippen molar-refractivity contribution in [3.05, 3.63) is 6.54 Å². The molecule has 0 aromatic heterocycles. The fourth-order valence-electron chi connectivity index (χ4n) is 0.466. The van der Waals surface area contributed by atoms with Gasteiger partial charge in [-0.2, -0.15) is 0 Å². The smallest absolute Gasteiger partial charge is 0.0376 e. The first kappa shape index (κ1) is 4.09. The molecule has 0 spiro atoms. The molecule has 0 bridgehead atoms. The van der Waals surface area contributed by atoms with Crippen molar-refractivity contribution in [2.75, 3.05) is 19.6 Å². The van der Waals surface area contributed by atoms with Gasteiger partial charge in [0.1, 0.15) is 0 Å². The zero-order chi connectivity index (χ0) is 4.24. The quantitative estimate of drug-likeness (QED) is 0.415. The molecule has 34 valence electrons. The Bertz CT molecular complexity index is 21.0. The van der Waals surface area contributed by atoms with E-state index in [1.54, 1.807) is 0 Å². The SMILES string of the molecule is [CH]1C[N]CCN1. The monoisotopic (exact) mass is 84.1 g/mol. The largest absolute Gasteiger partial charge is 0.310 e. The zero-order valence-electron chi connectivity index (χ0n) is 3.65. The van der Waals surface area contributed by atoms with Crippen LogP contribution in [-0.2, 0) is 0 Å². The van der Waals surface area contributed by atoms with Crippen molar-refractivity contribution in [3.63, 3.8) is 0 Å². The minimum Gasteiger partial charge on any atom is -0.310 e. The van der Waals surface area contributed by atoms with Crippen LogP contribution in [0.3, 0.4) is 0 Å². The van der Waals surface area contributed by atoms with Crippen LogP contribution < -0.4 is 10.6 Å². The molecule has 0 amide bonds. The summed E-state index contributed by atoms with van der Waals surface area (Å²) in [4.78, 5) is 0. The topological polar surface area (TPSA) is 26.1 Å². The van der Waals surface area contributed by atoms with Gasteiger partial charge in [-0.15, -0.1) is 0 Å². The van der Waals surface area contributed by atoms with Gasteiger partial charge in [0.15, 0.2) is 0 Å². The van der Waals surface area contributed by atoms with Gasteiger partial charge in [0.05, 0.1) is 0 Å². The highest BCUT2D eigenvalue weighted by molar-refractivity contribution is 4.70. The van der Waals surface area contributed by atoms with E-state index in [0.717, 1.165) is 19.6 Å². The van der Waals surface area contributed by atoms with Crippen molar-refractivity contribution >= 4 is 0 Å². The number of hydrogen-bond donors (Lipinski definition) is 1. The zero-order valence-corrected chi connectivity index (χ0v) is 3.65. The molecule has 1 aliphatic heterocycles. The second-order valence-electron chi connectivity index (χ2n) is 1.29. The lowest BCUT2D eigenvalue weighted by Crippen LogP contribution is -2.31. The fourth-order valence-corrected chi connectivity index (χ4v) is 0.466. The maximum atomic E-state index is 4.06. The molecular weight excluding hydrogens is 76.1 g/mol. The van der Waals surface area contributed by atoms with Crippen molar-refractivity contribution < 1.29 is 0 Å². The van der Waals surface area contributed by atoms with Gasteiger partial charge in [-0.05, 0) is 0 Å². The van der Waals surface area contributed by atoms with Crippen LogP contribution in [0, 0.1) is 6.54 Å². The Hall–Kier alpha value is -0.0800. The molecule has 2 radical (unpaired) electrons. The van der Waals surface area contributed by atoms with Gasteiger partial charge >= 0.3 is 0 Å². The van der Waals surface area contributed by atoms with E-state index in [9.17, 15) is 0 Å². The number of nitrogens with zero attached hydrogens (tertiary/aromatic N) is 1. The van der Waals surface area contributed by atoms with Crippen molar-refractivity contribution in [1.29, 1.82) is 0 Å². The molecule has 2 nitrogen and oxygen atoms in total. The van der Waals surface area contributed by atoms with Crippen LogP contribution in [0.15, 0.2) is 0 Å². The number of nitrogens with one attached hydrogen (secondary N) is 1. The van der Waals surface area contributed by atoms with E-state index in [0.29, 0.717) is 0 Å². The normalized spacial score (nSPS) is 24.0. The average Bonchev–Trinajstić information content (AvgIpc) is 1.72. The van der Waals surface area contributed by atoms with Crippen molar-refractivity contribution in [2.24, 2.45) is 0 Å². The van der Waals surface area contributed by atoms with E-state index in [-0.39, 0.29) is 0 Å². The third-order valence-corrected chi connectivity index (χ3v) is 0.779. The summed E-state index contributed by atoms with van der Waals surface area (Å²) in [6, 6.07) is 0. The molecule has 0 aromatic rings. The fraction of sp³-hybridized carbons (Fsp3) is 0.750. The van der Waals surface area contributed by atoms with Gasteiger partial charge in [-0.1, -0.05) is 0 Å². The van der Waals surface area contributed by atoms with Crippen LogP contribution in [0.4, 0.5) is 0 Å². The summed E-state index contributed by atoms with van der Waals surface area (Å²) in [6.45, 7) is 4.88. The predicted molar refractivity (Wildman–Crippen MR) is 24.2 cm³/mol. The molecule has 1 aliphatic rings. The van der Waals surface area contributed by atoms with Crippen LogP contribution in [0.2, 0.25) is 0 Å². The third kappa shape index (κ3) is 0.954. The van der Waals surface area contributed by atoms with Crippen molar-refractivity contribution in [3.8, 4) is 0 Å². The Morgan fingerprint density at radius 2 is 2.67 bits per heavy atom. The molecule has 1 N–H and O–H groups in total. The molecule has 0 saturated carbocycles.